The average molecular weight is 271 g/mol. The minimum atomic E-state index is -4.34. The van der Waals surface area contributed by atoms with Gasteiger partial charge in [0.2, 0.25) is 0 Å². The SMILES string of the molecule is Cn1nc(C(F)(F)F)cc1CCCBr. The molecule has 1 aromatic rings. The summed E-state index contributed by atoms with van der Waals surface area (Å²) in [5.41, 5.74) is -0.207. The van der Waals surface area contributed by atoms with Crippen molar-refractivity contribution >= 4 is 15.9 Å². The Labute approximate surface area is 88.2 Å². The molecular weight excluding hydrogens is 261 g/mol. The number of aromatic nitrogens is 2. The monoisotopic (exact) mass is 270 g/mol. The van der Waals surface area contributed by atoms with Gasteiger partial charge >= 0.3 is 6.18 Å². The van der Waals surface area contributed by atoms with Gasteiger partial charge in [-0.25, -0.2) is 0 Å². The van der Waals surface area contributed by atoms with Crippen LogP contribution in [-0.2, 0) is 19.6 Å². The predicted octanol–water partition coefficient (Wildman–Crippen LogP) is 2.77. The molecule has 0 saturated heterocycles. The van der Waals surface area contributed by atoms with Crippen molar-refractivity contribution in [2.75, 3.05) is 5.33 Å². The van der Waals surface area contributed by atoms with Gasteiger partial charge in [-0.2, -0.15) is 18.3 Å². The molecule has 0 aromatic carbocycles. The summed E-state index contributed by atoms with van der Waals surface area (Å²) in [5.74, 6) is 0. The van der Waals surface area contributed by atoms with E-state index in [-0.39, 0.29) is 0 Å². The van der Waals surface area contributed by atoms with E-state index in [9.17, 15) is 13.2 Å². The third-order valence-corrected chi connectivity index (χ3v) is 2.39. The lowest BCUT2D eigenvalue weighted by atomic mass is 10.2. The summed E-state index contributed by atoms with van der Waals surface area (Å²) in [4.78, 5) is 0. The van der Waals surface area contributed by atoms with Crippen LogP contribution < -0.4 is 0 Å². The molecular formula is C8H10BrF3N2. The Balaban J connectivity index is 2.82. The van der Waals surface area contributed by atoms with Gasteiger partial charge in [0, 0.05) is 18.1 Å². The van der Waals surface area contributed by atoms with Gasteiger partial charge < -0.3 is 0 Å². The van der Waals surface area contributed by atoms with Crippen molar-refractivity contribution in [3.05, 3.63) is 17.5 Å². The minimum Gasteiger partial charge on any atom is -0.272 e. The number of hydrogen-bond donors (Lipinski definition) is 0. The third-order valence-electron chi connectivity index (χ3n) is 1.83. The fourth-order valence-electron chi connectivity index (χ4n) is 1.13. The standard InChI is InChI=1S/C8H10BrF3N2/c1-14-6(3-2-4-9)5-7(13-14)8(10,11)12/h5H,2-4H2,1H3. The van der Waals surface area contributed by atoms with E-state index in [0.29, 0.717) is 12.1 Å². The molecule has 6 heteroatoms. The van der Waals surface area contributed by atoms with Crippen LogP contribution in [0.25, 0.3) is 0 Å². The lowest BCUT2D eigenvalue weighted by Gasteiger charge is -1.99. The highest BCUT2D eigenvalue weighted by Gasteiger charge is 2.34. The Morgan fingerprint density at radius 2 is 2.14 bits per heavy atom. The van der Waals surface area contributed by atoms with E-state index in [0.717, 1.165) is 17.8 Å². The summed E-state index contributed by atoms with van der Waals surface area (Å²) in [6.07, 6.45) is -2.94. The van der Waals surface area contributed by atoms with Crippen LogP contribution in [0.4, 0.5) is 13.2 Å². The van der Waals surface area contributed by atoms with Crippen LogP contribution in [0.15, 0.2) is 6.07 Å². The summed E-state index contributed by atoms with van der Waals surface area (Å²) in [7, 11) is 1.53. The maximum absolute atomic E-state index is 12.2. The van der Waals surface area contributed by atoms with Gasteiger partial charge in [-0.05, 0) is 18.9 Å². The fraction of sp³-hybridized carbons (Fsp3) is 0.625. The van der Waals surface area contributed by atoms with E-state index >= 15 is 0 Å². The highest BCUT2D eigenvalue weighted by molar-refractivity contribution is 9.09. The summed E-state index contributed by atoms with van der Waals surface area (Å²) < 4.78 is 37.9. The number of nitrogens with zero attached hydrogens (tertiary/aromatic N) is 2. The molecule has 1 heterocycles. The maximum atomic E-state index is 12.2. The van der Waals surface area contributed by atoms with Crippen molar-refractivity contribution < 1.29 is 13.2 Å². The second-order valence-electron chi connectivity index (χ2n) is 2.93. The van der Waals surface area contributed by atoms with E-state index in [1.165, 1.54) is 11.7 Å². The van der Waals surface area contributed by atoms with E-state index in [1.54, 1.807) is 0 Å². The molecule has 0 radical (unpaired) electrons. The quantitative estimate of drug-likeness (QED) is 0.773. The van der Waals surface area contributed by atoms with Gasteiger partial charge in [-0.3, -0.25) is 4.68 Å². The molecule has 0 amide bonds. The average Bonchev–Trinajstić information content (AvgIpc) is 2.43. The van der Waals surface area contributed by atoms with E-state index < -0.39 is 11.9 Å². The lowest BCUT2D eigenvalue weighted by molar-refractivity contribution is -0.141. The van der Waals surface area contributed by atoms with Crippen LogP contribution >= 0.6 is 15.9 Å². The number of hydrogen-bond acceptors (Lipinski definition) is 1. The molecule has 1 rings (SSSR count). The van der Waals surface area contributed by atoms with Crippen molar-refractivity contribution in [3.63, 3.8) is 0 Å². The first-order valence-corrected chi connectivity index (χ1v) is 5.23. The Bertz CT molecular complexity index is 306. The number of alkyl halides is 4. The molecule has 0 fully saturated rings. The van der Waals surface area contributed by atoms with Gasteiger partial charge in [0.1, 0.15) is 0 Å². The minimum absolute atomic E-state index is 0.602. The molecule has 0 spiro atoms. The summed E-state index contributed by atoms with van der Waals surface area (Å²) in [6, 6.07) is 1.10. The highest BCUT2D eigenvalue weighted by atomic mass is 79.9. The molecule has 0 unspecified atom stereocenters. The van der Waals surface area contributed by atoms with Crippen LogP contribution in [0.3, 0.4) is 0 Å². The molecule has 0 N–H and O–H groups in total. The molecule has 0 aliphatic heterocycles. The maximum Gasteiger partial charge on any atom is 0.435 e. The van der Waals surface area contributed by atoms with Crippen LogP contribution in [0, 0.1) is 0 Å². The van der Waals surface area contributed by atoms with Crippen LogP contribution in [0.1, 0.15) is 17.8 Å². The smallest absolute Gasteiger partial charge is 0.272 e. The molecule has 2 nitrogen and oxygen atoms in total. The first-order valence-electron chi connectivity index (χ1n) is 4.11. The Morgan fingerprint density at radius 1 is 1.50 bits per heavy atom. The molecule has 14 heavy (non-hydrogen) atoms. The Hall–Kier alpha value is -0.520. The molecule has 0 saturated carbocycles. The Morgan fingerprint density at radius 3 is 2.57 bits per heavy atom. The first kappa shape index (κ1) is 11.6. The zero-order valence-corrected chi connectivity index (χ0v) is 9.19. The molecule has 0 atom stereocenters. The number of aryl methyl sites for hydroxylation is 2. The van der Waals surface area contributed by atoms with Gasteiger partial charge in [0.05, 0.1) is 0 Å². The van der Waals surface area contributed by atoms with Crippen molar-refractivity contribution in [1.29, 1.82) is 0 Å². The van der Waals surface area contributed by atoms with Gasteiger partial charge in [-0.1, -0.05) is 15.9 Å². The Kier molecular flexibility index (Phi) is 3.58. The van der Waals surface area contributed by atoms with Crippen LogP contribution in [0.2, 0.25) is 0 Å². The lowest BCUT2D eigenvalue weighted by Crippen LogP contribution is -2.06. The molecule has 0 aliphatic carbocycles. The van der Waals surface area contributed by atoms with Crippen LogP contribution in [-0.4, -0.2) is 15.1 Å². The molecule has 80 valence electrons. The first-order chi connectivity index (χ1) is 6.45. The highest BCUT2D eigenvalue weighted by Crippen LogP contribution is 2.28. The zero-order valence-electron chi connectivity index (χ0n) is 7.60. The van der Waals surface area contributed by atoms with Crippen molar-refractivity contribution in [2.24, 2.45) is 7.05 Å². The summed E-state index contributed by atoms with van der Waals surface area (Å²) in [6.45, 7) is 0. The summed E-state index contributed by atoms with van der Waals surface area (Å²) >= 11 is 3.23. The van der Waals surface area contributed by atoms with Gasteiger partial charge in [0.15, 0.2) is 5.69 Å². The molecule has 0 aliphatic rings. The predicted molar refractivity (Wildman–Crippen MR) is 50.3 cm³/mol. The summed E-state index contributed by atoms with van der Waals surface area (Å²) in [5, 5.41) is 4.19. The van der Waals surface area contributed by atoms with E-state index in [2.05, 4.69) is 21.0 Å². The largest absolute Gasteiger partial charge is 0.435 e. The molecule has 1 aromatic heterocycles. The topological polar surface area (TPSA) is 17.8 Å². The van der Waals surface area contributed by atoms with Crippen molar-refractivity contribution in [3.8, 4) is 0 Å². The third kappa shape index (κ3) is 2.73. The van der Waals surface area contributed by atoms with Gasteiger partial charge in [0.25, 0.3) is 0 Å². The van der Waals surface area contributed by atoms with Crippen LogP contribution in [0.5, 0.6) is 0 Å². The van der Waals surface area contributed by atoms with E-state index in [4.69, 9.17) is 0 Å². The van der Waals surface area contributed by atoms with E-state index in [1.807, 2.05) is 0 Å². The molecule has 0 bridgehead atoms. The van der Waals surface area contributed by atoms with Crippen molar-refractivity contribution in [1.82, 2.24) is 9.78 Å². The van der Waals surface area contributed by atoms with Gasteiger partial charge in [-0.15, -0.1) is 0 Å². The second kappa shape index (κ2) is 4.33. The second-order valence-corrected chi connectivity index (χ2v) is 3.73. The number of halogens is 4. The normalized spacial score (nSPS) is 12.1. The number of rotatable bonds is 3. The van der Waals surface area contributed by atoms with Crippen molar-refractivity contribution in [2.45, 2.75) is 19.0 Å². The zero-order chi connectivity index (χ0) is 10.8. The fourth-order valence-corrected chi connectivity index (χ4v) is 1.41.